The third-order valence-electron chi connectivity index (χ3n) is 5.00. The number of nitrogens with one attached hydrogen (secondary N) is 1. The fourth-order valence-corrected chi connectivity index (χ4v) is 6.16. The van der Waals surface area contributed by atoms with E-state index in [1.165, 1.54) is 35.1 Å². The molecule has 128 valence electrons. The molecule has 4 nitrogen and oxygen atoms in total. The Morgan fingerprint density at radius 3 is 2.83 bits per heavy atom. The van der Waals surface area contributed by atoms with Gasteiger partial charge in [-0.25, -0.2) is 9.97 Å². The van der Waals surface area contributed by atoms with Crippen molar-refractivity contribution in [2.75, 3.05) is 0 Å². The van der Waals surface area contributed by atoms with E-state index in [4.69, 9.17) is 0 Å². The molecule has 2 aliphatic rings. The maximum atomic E-state index is 12.5. The monoisotopic (exact) mass is 361 g/mol. The number of nitrogens with zero attached hydrogens (tertiary/aromatic N) is 2. The van der Waals surface area contributed by atoms with Crippen LogP contribution in [-0.2, 0) is 17.6 Å². The molecule has 24 heavy (non-hydrogen) atoms. The second-order valence-electron chi connectivity index (χ2n) is 6.86. The van der Waals surface area contributed by atoms with Crippen molar-refractivity contribution < 1.29 is 4.79 Å². The van der Waals surface area contributed by atoms with E-state index in [1.807, 2.05) is 25.2 Å². The zero-order chi connectivity index (χ0) is 16.7. The van der Waals surface area contributed by atoms with E-state index in [1.54, 1.807) is 11.8 Å². The van der Waals surface area contributed by atoms with Gasteiger partial charge in [-0.3, -0.25) is 4.79 Å². The van der Waals surface area contributed by atoms with E-state index in [0.717, 1.165) is 41.4 Å². The first kappa shape index (κ1) is 16.3. The molecule has 0 aliphatic heterocycles. The number of amides is 1. The zero-order valence-electron chi connectivity index (χ0n) is 14.2. The normalized spacial score (nSPS) is 18.9. The topological polar surface area (TPSA) is 54.9 Å². The highest BCUT2D eigenvalue weighted by atomic mass is 32.2. The number of aryl methyl sites for hydroxylation is 3. The number of rotatable bonds is 4. The zero-order valence-corrected chi connectivity index (χ0v) is 15.9. The Labute approximate surface area is 150 Å². The van der Waals surface area contributed by atoms with E-state index < -0.39 is 0 Å². The van der Waals surface area contributed by atoms with Crippen LogP contribution in [0.1, 0.15) is 55.3 Å². The lowest BCUT2D eigenvalue weighted by Gasteiger charge is -2.16. The van der Waals surface area contributed by atoms with Crippen molar-refractivity contribution >= 4 is 39.2 Å². The summed E-state index contributed by atoms with van der Waals surface area (Å²) in [4.78, 5) is 24.4. The van der Waals surface area contributed by atoms with Crippen molar-refractivity contribution in [1.82, 2.24) is 15.3 Å². The fourth-order valence-electron chi connectivity index (χ4n) is 3.76. The number of fused-ring (bicyclic) bond motifs is 3. The second kappa shape index (κ2) is 6.64. The molecule has 1 fully saturated rings. The minimum atomic E-state index is -0.125. The number of carbonyl (C=O) groups is 1. The molecule has 0 bridgehead atoms. The number of thioether (sulfide) groups is 1. The predicted octanol–water partition coefficient (Wildman–Crippen LogP) is 4.03. The summed E-state index contributed by atoms with van der Waals surface area (Å²) >= 11 is 3.40. The molecule has 4 rings (SSSR count). The molecule has 0 radical (unpaired) electrons. The summed E-state index contributed by atoms with van der Waals surface area (Å²) in [7, 11) is 0. The van der Waals surface area contributed by atoms with E-state index in [0.29, 0.717) is 6.04 Å². The Morgan fingerprint density at radius 1 is 1.25 bits per heavy atom. The molecule has 1 atom stereocenters. The van der Waals surface area contributed by atoms with Crippen LogP contribution in [0.4, 0.5) is 0 Å². The van der Waals surface area contributed by atoms with Gasteiger partial charge in [-0.1, -0.05) is 24.6 Å². The Hall–Kier alpha value is -1.14. The van der Waals surface area contributed by atoms with Crippen LogP contribution in [0.2, 0.25) is 0 Å². The first-order valence-corrected chi connectivity index (χ1v) is 10.6. The second-order valence-corrected chi connectivity index (χ2v) is 9.28. The lowest BCUT2D eigenvalue weighted by Crippen LogP contribution is -2.37. The van der Waals surface area contributed by atoms with Gasteiger partial charge in [0.2, 0.25) is 5.91 Å². The van der Waals surface area contributed by atoms with Gasteiger partial charge in [0, 0.05) is 16.3 Å². The van der Waals surface area contributed by atoms with Crippen molar-refractivity contribution in [1.29, 1.82) is 0 Å². The van der Waals surface area contributed by atoms with Crippen LogP contribution in [0.25, 0.3) is 10.2 Å². The van der Waals surface area contributed by atoms with E-state index >= 15 is 0 Å². The maximum absolute atomic E-state index is 12.5. The number of hydrogen-bond donors (Lipinski definition) is 1. The summed E-state index contributed by atoms with van der Waals surface area (Å²) < 4.78 is 0. The Balaban J connectivity index is 1.58. The van der Waals surface area contributed by atoms with E-state index in [9.17, 15) is 4.79 Å². The average molecular weight is 362 g/mol. The molecule has 1 amide bonds. The van der Waals surface area contributed by atoms with Crippen LogP contribution in [0, 0.1) is 6.92 Å². The van der Waals surface area contributed by atoms with Gasteiger partial charge in [0.25, 0.3) is 0 Å². The Morgan fingerprint density at radius 2 is 2.04 bits per heavy atom. The molecule has 0 aromatic carbocycles. The predicted molar refractivity (Wildman–Crippen MR) is 99.9 cm³/mol. The SMILES string of the molecule is Cc1nc(S[C@@H](C)C(=O)NC2CCCC2)c2c3c(sc2n1)CCC3. The highest BCUT2D eigenvalue weighted by Gasteiger charge is 2.26. The standard InChI is InChI=1S/C18H23N3OS2/c1-10(16(22)21-12-6-3-4-7-12)23-17-15-13-8-5-9-14(13)24-18(15)20-11(2)19-17/h10,12H,3-9H2,1-2H3,(H,21,22)/t10-/m0/s1. The molecule has 2 aromatic heterocycles. The lowest BCUT2D eigenvalue weighted by molar-refractivity contribution is -0.120. The summed E-state index contributed by atoms with van der Waals surface area (Å²) in [5.74, 6) is 0.941. The highest BCUT2D eigenvalue weighted by Crippen LogP contribution is 2.41. The van der Waals surface area contributed by atoms with Crippen LogP contribution in [0.15, 0.2) is 5.03 Å². The van der Waals surface area contributed by atoms with Crippen molar-refractivity contribution in [3.8, 4) is 0 Å². The number of aromatic nitrogens is 2. The smallest absolute Gasteiger partial charge is 0.233 e. The lowest BCUT2D eigenvalue weighted by atomic mass is 10.2. The van der Waals surface area contributed by atoms with Gasteiger partial charge in [0.05, 0.1) is 5.25 Å². The van der Waals surface area contributed by atoms with Crippen LogP contribution in [0.3, 0.4) is 0 Å². The summed E-state index contributed by atoms with van der Waals surface area (Å²) in [6, 6.07) is 0.373. The molecular weight excluding hydrogens is 338 g/mol. The number of carbonyl (C=O) groups excluding carboxylic acids is 1. The van der Waals surface area contributed by atoms with Crippen molar-refractivity contribution in [3.05, 3.63) is 16.3 Å². The quantitative estimate of drug-likeness (QED) is 0.660. The summed E-state index contributed by atoms with van der Waals surface area (Å²) in [5.41, 5.74) is 1.43. The minimum absolute atomic E-state index is 0.125. The van der Waals surface area contributed by atoms with Gasteiger partial charge in [-0.05, 0) is 51.5 Å². The van der Waals surface area contributed by atoms with E-state index in [-0.39, 0.29) is 11.2 Å². The Bertz CT molecular complexity index is 780. The van der Waals surface area contributed by atoms with Gasteiger partial charge < -0.3 is 5.32 Å². The van der Waals surface area contributed by atoms with E-state index in [2.05, 4.69) is 15.3 Å². The molecule has 2 aromatic rings. The van der Waals surface area contributed by atoms with Crippen LogP contribution >= 0.6 is 23.1 Å². The van der Waals surface area contributed by atoms with Crippen molar-refractivity contribution in [2.24, 2.45) is 0 Å². The molecule has 2 aliphatic carbocycles. The third-order valence-corrected chi connectivity index (χ3v) is 7.27. The average Bonchev–Trinajstić information content (AvgIpc) is 3.23. The molecular formula is C18H23N3OS2. The molecule has 6 heteroatoms. The van der Waals surface area contributed by atoms with Gasteiger partial charge in [0.15, 0.2) is 0 Å². The maximum Gasteiger partial charge on any atom is 0.233 e. The molecule has 0 spiro atoms. The summed E-state index contributed by atoms with van der Waals surface area (Å²) in [5, 5.41) is 5.29. The van der Waals surface area contributed by atoms with Crippen LogP contribution in [-0.4, -0.2) is 27.2 Å². The number of thiophene rings is 1. The van der Waals surface area contributed by atoms with Crippen LogP contribution < -0.4 is 5.32 Å². The first-order chi connectivity index (χ1) is 11.6. The summed E-state index contributed by atoms with van der Waals surface area (Å²) in [6.45, 7) is 3.93. The van der Waals surface area contributed by atoms with Crippen molar-refractivity contribution in [3.63, 3.8) is 0 Å². The fraction of sp³-hybridized carbons (Fsp3) is 0.611. The third kappa shape index (κ3) is 3.06. The van der Waals surface area contributed by atoms with Gasteiger partial charge in [-0.15, -0.1) is 11.3 Å². The molecule has 1 saturated carbocycles. The molecule has 1 N–H and O–H groups in total. The van der Waals surface area contributed by atoms with Gasteiger partial charge >= 0.3 is 0 Å². The molecule has 0 unspecified atom stereocenters. The molecule has 0 saturated heterocycles. The van der Waals surface area contributed by atoms with Crippen molar-refractivity contribution in [2.45, 2.75) is 75.1 Å². The first-order valence-electron chi connectivity index (χ1n) is 8.87. The molecule has 2 heterocycles. The highest BCUT2D eigenvalue weighted by molar-refractivity contribution is 8.00. The Kier molecular flexibility index (Phi) is 4.52. The van der Waals surface area contributed by atoms with Crippen LogP contribution in [0.5, 0.6) is 0 Å². The summed E-state index contributed by atoms with van der Waals surface area (Å²) in [6.07, 6.45) is 8.23. The van der Waals surface area contributed by atoms with Gasteiger partial charge in [-0.2, -0.15) is 0 Å². The minimum Gasteiger partial charge on any atom is -0.352 e. The number of hydrogen-bond acceptors (Lipinski definition) is 5. The largest absolute Gasteiger partial charge is 0.352 e. The van der Waals surface area contributed by atoms with Gasteiger partial charge in [0.1, 0.15) is 15.7 Å².